The third-order valence-electron chi connectivity index (χ3n) is 3.56. The van der Waals surface area contributed by atoms with Crippen LogP contribution < -0.4 is 0 Å². The van der Waals surface area contributed by atoms with Crippen LogP contribution in [0, 0.1) is 12.3 Å². The van der Waals surface area contributed by atoms with Gasteiger partial charge in [-0.25, -0.2) is 0 Å². The summed E-state index contributed by atoms with van der Waals surface area (Å²) in [6, 6.07) is 5.91. The Morgan fingerprint density at radius 2 is 1.89 bits per heavy atom. The lowest BCUT2D eigenvalue weighted by molar-refractivity contribution is 0.0629. The quantitative estimate of drug-likeness (QED) is 0.799. The van der Waals surface area contributed by atoms with Crippen LogP contribution in [0.2, 0.25) is 0 Å². The second kappa shape index (κ2) is 5.43. The molecule has 0 aliphatic heterocycles. The van der Waals surface area contributed by atoms with Gasteiger partial charge in [0.15, 0.2) is 0 Å². The molecule has 18 heavy (non-hydrogen) atoms. The zero-order chi connectivity index (χ0) is 14.1. The van der Waals surface area contributed by atoms with Gasteiger partial charge in [-0.1, -0.05) is 36.7 Å². The number of hydrogen-bond acceptors (Lipinski definition) is 1. The monoisotopic (exact) mass is 311 g/mol. The van der Waals surface area contributed by atoms with Crippen LogP contribution in [0.15, 0.2) is 22.7 Å². The molecule has 1 rings (SSSR count). The van der Waals surface area contributed by atoms with Crippen molar-refractivity contribution in [3.63, 3.8) is 0 Å². The van der Waals surface area contributed by atoms with Crippen LogP contribution in [0.5, 0.6) is 0 Å². The maximum absolute atomic E-state index is 12.4. The molecule has 0 aliphatic carbocycles. The Kier molecular flexibility index (Phi) is 4.60. The molecule has 0 saturated carbocycles. The normalized spacial score (nSPS) is 13.3. The number of benzene rings is 1. The van der Waals surface area contributed by atoms with E-state index in [4.69, 9.17) is 0 Å². The number of halogens is 1. The fraction of sp³-hybridized carbons (Fsp3) is 0.533. The highest BCUT2D eigenvalue weighted by Crippen LogP contribution is 2.25. The lowest BCUT2D eigenvalue weighted by Gasteiger charge is -2.35. The van der Waals surface area contributed by atoms with E-state index < -0.39 is 0 Å². The molecule has 1 amide bonds. The third-order valence-corrected chi connectivity index (χ3v) is 4.45. The molecule has 0 fully saturated rings. The van der Waals surface area contributed by atoms with Crippen LogP contribution in [0.25, 0.3) is 0 Å². The van der Waals surface area contributed by atoms with Crippen LogP contribution in [-0.4, -0.2) is 23.9 Å². The molecule has 0 aromatic heterocycles. The molecule has 0 radical (unpaired) electrons. The van der Waals surface area contributed by atoms with Crippen molar-refractivity contribution in [3.05, 3.63) is 33.8 Å². The minimum atomic E-state index is 0.0769. The van der Waals surface area contributed by atoms with Gasteiger partial charge < -0.3 is 4.90 Å². The first kappa shape index (κ1) is 15.2. The molecule has 0 bridgehead atoms. The van der Waals surface area contributed by atoms with Gasteiger partial charge in [-0.05, 0) is 43.0 Å². The van der Waals surface area contributed by atoms with E-state index in [1.54, 1.807) is 0 Å². The maximum atomic E-state index is 12.4. The van der Waals surface area contributed by atoms with Gasteiger partial charge in [0.25, 0.3) is 5.91 Å². The molecule has 0 spiro atoms. The van der Waals surface area contributed by atoms with E-state index in [0.29, 0.717) is 0 Å². The Morgan fingerprint density at radius 3 is 2.33 bits per heavy atom. The van der Waals surface area contributed by atoms with Gasteiger partial charge in [-0.2, -0.15) is 0 Å². The summed E-state index contributed by atoms with van der Waals surface area (Å²) in [4.78, 5) is 14.2. The SMILES string of the molecule is Cc1cc(C(=O)N(C)C(C)C(C)(C)C)ccc1Br. The molecule has 1 unspecified atom stereocenters. The maximum Gasteiger partial charge on any atom is 0.253 e. The topological polar surface area (TPSA) is 20.3 Å². The molecule has 0 aliphatic rings. The van der Waals surface area contributed by atoms with Gasteiger partial charge in [-0.15, -0.1) is 0 Å². The van der Waals surface area contributed by atoms with Crippen molar-refractivity contribution in [1.29, 1.82) is 0 Å². The minimum absolute atomic E-state index is 0.0769. The summed E-state index contributed by atoms with van der Waals surface area (Å²) < 4.78 is 1.03. The number of nitrogens with zero attached hydrogens (tertiary/aromatic N) is 1. The van der Waals surface area contributed by atoms with Gasteiger partial charge >= 0.3 is 0 Å². The van der Waals surface area contributed by atoms with Crippen molar-refractivity contribution in [2.75, 3.05) is 7.05 Å². The number of aryl methyl sites for hydroxylation is 1. The van der Waals surface area contributed by atoms with E-state index in [2.05, 4.69) is 43.6 Å². The summed E-state index contributed by atoms with van der Waals surface area (Å²) in [5.41, 5.74) is 1.90. The molecule has 1 aromatic rings. The van der Waals surface area contributed by atoms with Crippen LogP contribution in [-0.2, 0) is 0 Å². The van der Waals surface area contributed by atoms with Gasteiger partial charge in [0.05, 0.1) is 0 Å². The average molecular weight is 312 g/mol. The van der Waals surface area contributed by atoms with Crippen molar-refractivity contribution < 1.29 is 4.79 Å². The highest BCUT2D eigenvalue weighted by molar-refractivity contribution is 9.10. The number of amides is 1. The zero-order valence-corrected chi connectivity index (χ0v) is 13.6. The molecular formula is C15H22BrNO. The van der Waals surface area contributed by atoms with E-state index in [1.165, 1.54) is 0 Å². The van der Waals surface area contributed by atoms with E-state index in [1.807, 2.05) is 37.1 Å². The van der Waals surface area contributed by atoms with Crippen LogP contribution in [0.4, 0.5) is 0 Å². The van der Waals surface area contributed by atoms with Crippen molar-refractivity contribution in [1.82, 2.24) is 4.90 Å². The first-order valence-corrected chi connectivity index (χ1v) is 6.97. The fourth-order valence-corrected chi connectivity index (χ4v) is 1.98. The molecule has 1 atom stereocenters. The van der Waals surface area contributed by atoms with Crippen molar-refractivity contribution in [2.24, 2.45) is 5.41 Å². The second-order valence-electron chi connectivity index (χ2n) is 5.92. The third kappa shape index (κ3) is 3.35. The highest BCUT2D eigenvalue weighted by Gasteiger charge is 2.27. The Bertz CT molecular complexity index is 448. The lowest BCUT2D eigenvalue weighted by atomic mass is 9.87. The molecule has 0 N–H and O–H groups in total. The van der Waals surface area contributed by atoms with E-state index in [0.717, 1.165) is 15.6 Å². The number of hydrogen-bond donors (Lipinski definition) is 0. The number of rotatable bonds is 2. The van der Waals surface area contributed by atoms with E-state index in [-0.39, 0.29) is 17.4 Å². The van der Waals surface area contributed by atoms with E-state index >= 15 is 0 Å². The van der Waals surface area contributed by atoms with Crippen LogP contribution >= 0.6 is 15.9 Å². The van der Waals surface area contributed by atoms with Gasteiger partial charge in [-0.3, -0.25) is 4.79 Å². The molecule has 100 valence electrons. The zero-order valence-electron chi connectivity index (χ0n) is 12.0. The number of carbonyl (C=O) groups is 1. The molecule has 3 heteroatoms. The summed E-state index contributed by atoms with van der Waals surface area (Å²) in [7, 11) is 1.87. The predicted octanol–water partition coefficient (Wildman–Crippen LogP) is 4.26. The summed E-state index contributed by atoms with van der Waals surface area (Å²) in [6.07, 6.45) is 0. The number of carbonyl (C=O) groups excluding carboxylic acids is 1. The van der Waals surface area contributed by atoms with Gasteiger partial charge in [0.1, 0.15) is 0 Å². The van der Waals surface area contributed by atoms with Crippen molar-refractivity contribution in [3.8, 4) is 0 Å². The van der Waals surface area contributed by atoms with Crippen molar-refractivity contribution in [2.45, 2.75) is 40.7 Å². The van der Waals surface area contributed by atoms with Crippen molar-refractivity contribution >= 4 is 21.8 Å². The molecule has 0 heterocycles. The summed E-state index contributed by atoms with van der Waals surface area (Å²) in [6.45, 7) is 10.5. The lowest BCUT2D eigenvalue weighted by Crippen LogP contribution is -2.42. The molecule has 1 aromatic carbocycles. The Labute approximate surface area is 119 Å². The summed E-state index contributed by atoms with van der Waals surface area (Å²) in [5, 5.41) is 0. The first-order valence-electron chi connectivity index (χ1n) is 6.18. The summed E-state index contributed by atoms with van der Waals surface area (Å²) in [5.74, 6) is 0.0769. The molecular weight excluding hydrogens is 290 g/mol. The van der Waals surface area contributed by atoms with Crippen LogP contribution in [0.1, 0.15) is 43.6 Å². The van der Waals surface area contributed by atoms with E-state index in [9.17, 15) is 4.79 Å². The highest BCUT2D eigenvalue weighted by atomic mass is 79.9. The second-order valence-corrected chi connectivity index (χ2v) is 6.78. The standard InChI is InChI=1S/C15H22BrNO/c1-10-9-12(7-8-13(10)16)14(18)17(6)11(2)15(3,4)5/h7-9,11H,1-6H3. The largest absolute Gasteiger partial charge is 0.338 e. The predicted molar refractivity (Wildman–Crippen MR) is 79.9 cm³/mol. The Hall–Kier alpha value is -0.830. The molecule has 2 nitrogen and oxygen atoms in total. The van der Waals surface area contributed by atoms with Crippen LogP contribution in [0.3, 0.4) is 0 Å². The first-order chi connectivity index (χ1) is 8.14. The average Bonchev–Trinajstić information content (AvgIpc) is 2.28. The smallest absolute Gasteiger partial charge is 0.253 e. The van der Waals surface area contributed by atoms with Gasteiger partial charge in [0.2, 0.25) is 0 Å². The fourth-order valence-electron chi connectivity index (χ4n) is 1.74. The molecule has 0 saturated heterocycles. The van der Waals surface area contributed by atoms with Gasteiger partial charge in [0, 0.05) is 23.1 Å². The minimum Gasteiger partial charge on any atom is -0.338 e. The Morgan fingerprint density at radius 1 is 1.33 bits per heavy atom. The summed E-state index contributed by atoms with van der Waals surface area (Å²) >= 11 is 3.45. The Balaban J connectivity index is 2.97.